The molecule has 4 rings (SSSR count). The number of benzene rings is 4. The Morgan fingerprint density at radius 1 is 0.567 bits per heavy atom. The number of nitrogens with two attached hydrogens (primary N) is 3. The van der Waals surface area contributed by atoms with Crippen molar-refractivity contribution in [3.8, 4) is 0 Å². The Morgan fingerprint density at radius 2 is 0.967 bits per heavy atom. The lowest BCUT2D eigenvalue weighted by atomic mass is 10.00. The SMILES string of the molecule is NC(c1ccccc1)c1ccccc1.Nc1cccc(C(=O)c2cccc(N)c2)c1. The largest absolute Gasteiger partial charge is 0.399 e. The molecule has 0 unspecified atom stereocenters. The highest BCUT2D eigenvalue weighted by atomic mass is 16.1. The van der Waals surface area contributed by atoms with E-state index >= 15 is 0 Å². The molecule has 150 valence electrons. The van der Waals surface area contributed by atoms with E-state index in [9.17, 15) is 4.79 Å². The Morgan fingerprint density at radius 3 is 1.33 bits per heavy atom. The summed E-state index contributed by atoms with van der Waals surface area (Å²) in [6.07, 6.45) is 0. The molecule has 4 nitrogen and oxygen atoms in total. The fraction of sp³-hybridized carbons (Fsp3) is 0.0385. The molecule has 0 bridgehead atoms. The van der Waals surface area contributed by atoms with Gasteiger partial charge in [-0.1, -0.05) is 84.9 Å². The van der Waals surface area contributed by atoms with Crippen molar-refractivity contribution in [2.45, 2.75) is 6.04 Å². The van der Waals surface area contributed by atoms with Crippen LogP contribution in [0.1, 0.15) is 33.1 Å². The summed E-state index contributed by atoms with van der Waals surface area (Å²) >= 11 is 0. The molecule has 0 aliphatic rings. The summed E-state index contributed by atoms with van der Waals surface area (Å²) in [4.78, 5) is 12.0. The normalized spacial score (nSPS) is 10.2. The fourth-order valence-corrected chi connectivity index (χ4v) is 3.04. The van der Waals surface area contributed by atoms with Crippen molar-refractivity contribution in [1.82, 2.24) is 0 Å². The average molecular weight is 396 g/mol. The molecule has 0 heterocycles. The molecule has 0 aromatic heterocycles. The van der Waals surface area contributed by atoms with Crippen LogP contribution in [0.4, 0.5) is 11.4 Å². The number of rotatable bonds is 4. The van der Waals surface area contributed by atoms with Gasteiger partial charge in [-0.25, -0.2) is 0 Å². The van der Waals surface area contributed by atoms with Crippen LogP contribution >= 0.6 is 0 Å². The minimum Gasteiger partial charge on any atom is -0.399 e. The molecule has 4 aromatic rings. The third-order valence-electron chi connectivity index (χ3n) is 4.62. The molecule has 4 heteroatoms. The van der Waals surface area contributed by atoms with Gasteiger partial charge in [0.25, 0.3) is 0 Å². The molecule has 4 aromatic carbocycles. The van der Waals surface area contributed by atoms with Crippen molar-refractivity contribution in [3.63, 3.8) is 0 Å². The fourth-order valence-electron chi connectivity index (χ4n) is 3.04. The van der Waals surface area contributed by atoms with E-state index in [1.54, 1.807) is 48.5 Å². The van der Waals surface area contributed by atoms with Gasteiger partial charge in [0.05, 0.1) is 6.04 Å². The summed E-state index contributed by atoms with van der Waals surface area (Å²) in [5, 5.41) is 0. The minimum absolute atomic E-state index is 0.0163. The summed E-state index contributed by atoms with van der Waals surface area (Å²) in [6, 6.07) is 34.0. The van der Waals surface area contributed by atoms with Gasteiger partial charge in [0.1, 0.15) is 0 Å². The topological polar surface area (TPSA) is 95.1 Å². The lowest BCUT2D eigenvalue weighted by Crippen LogP contribution is -2.11. The van der Waals surface area contributed by atoms with Crippen molar-refractivity contribution < 1.29 is 4.79 Å². The van der Waals surface area contributed by atoms with Gasteiger partial charge in [-0.15, -0.1) is 0 Å². The number of carbonyl (C=O) groups excluding carboxylic acids is 1. The van der Waals surface area contributed by atoms with Gasteiger partial charge in [-0.3, -0.25) is 4.79 Å². The van der Waals surface area contributed by atoms with Crippen LogP contribution in [0.15, 0.2) is 109 Å². The molecular weight excluding hydrogens is 370 g/mol. The Labute approximate surface area is 177 Å². The zero-order valence-corrected chi connectivity index (χ0v) is 16.6. The molecule has 0 saturated carbocycles. The summed E-state index contributed by atoms with van der Waals surface area (Å²) in [5.41, 5.74) is 22.0. The average Bonchev–Trinajstić information content (AvgIpc) is 2.80. The smallest absolute Gasteiger partial charge is 0.193 e. The minimum atomic E-state index is -0.0698. The summed E-state index contributed by atoms with van der Waals surface area (Å²) in [7, 11) is 0. The Hall–Kier alpha value is -3.89. The standard InChI is InChI=1S/C13H12N2O.C13H13N/c14-11-5-1-3-9(7-11)13(16)10-4-2-6-12(15)8-10;14-13(11-7-3-1-4-8-11)12-9-5-2-6-10-12/h1-8H,14-15H2;1-10,13H,14H2. The molecule has 6 N–H and O–H groups in total. The van der Waals surface area contributed by atoms with E-state index < -0.39 is 0 Å². The van der Waals surface area contributed by atoms with E-state index in [-0.39, 0.29) is 11.8 Å². The summed E-state index contributed by atoms with van der Waals surface area (Å²) in [5.74, 6) is -0.0698. The monoisotopic (exact) mass is 395 g/mol. The number of ketones is 1. The highest BCUT2D eigenvalue weighted by molar-refractivity contribution is 6.09. The second kappa shape index (κ2) is 10.0. The van der Waals surface area contributed by atoms with Gasteiger partial charge in [0.15, 0.2) is 5.78 Å². The van der Waals surface area contributed by atoms with Gasteiger partial charge < -0.3 is 17.2 Å². The highest BCUT2D eigenvalue weighted by Gasteiger charge is 2.09. The molecule has 0 atom stereocenters. The van der Waals surface area contributed by atoms with E-state index in [1.807, 2.05) is 36.4 Å². The van der Waals surface area contributed by atoms with E-state index in [1.165, 1.54) is 0 Å². The first-order valence-corrected chi connectivity index (χ1v) is 9.66. The number of hydrogen-bond donors (Lipinski definition) is 3. The third kappa shape index (κ3) is 5.56. The predicted molar refractivity (Wildman–Crippen MR) is 124 cm³/mol. The van der Waals surface area contributed by atoms with Crippen LogP contribution in [0, 0.1) is 0 Å². The molecule has 0 spiro atoms. The van der Waals surface area contributed by atoms with E-state index in [0.717, 1.165) is 11.1 Å². The van der Waals surface area contributed by atoms with Crippen molar-refractivity contribution in [2.24, 2.45) is 5.73 Å². The maximum atomic E-state index is 12.0. The molecule has 0 fully saturated rings. The maximum Gasteiger partial charge on any atom is 0.193 e. The Bertz CT molecular complexity index is 1010. The summed E-state index contributed by atoms with van der Waals surface area (Å²) in [6.45, 7) is 0. The van der Waals surface area contributed by atoms with Gasteiger partial charge in [0.2, 0.25) is 0 Å². The first-order valence-electron chi connectivity index (χ1n) is 9.66. The quantitative estimate of drug-likeness (QED) is 0.341. The van der Waals surface area contributed by atoms with Crippen molar-refractivity contribution >= 4 is 17.2 Å². The third-order valence-corrected chi connectivity index (χ3v) is 4.62. The molecule has 30 heavy (non-hydrogen) atoms. The zero-order chi connectivity index (χ0) is 21.3. The molecule has 0 aliphatic heterocycles. The molecule has 0 saturated heterocycles. The first-order chi connectivity index (χ1) is 14.5. The van der Waals surface area contributed by atoms with Crippen LogP contribution in [0.25, 0.3) is 0 Å². The van der Waals surface area contributed by atoms with Gasteiger partial charge >= 0.3 is 0 Å². The van der Waals surface area contributed by atoms with Crippen LogP contribution < -0.4 is 17.2 Å². The second-order valence-electron chi connectivity index (χ2n) is 6.88. The van der Waals surface area contributed by atoms with Crippen molar-refractivity contribution in [3.05, 3.63) is 131 Å². The molecular formula is C26H25N3O. The van der Waals surface area contributed by atoms with Crippen LogP contribution in [-0.4, -0.2) is 5.78 Å². The lowest BCUT2D eigenvalue weighted by molar-refractivity contribution is 0.103. The second-order valence-corrected chi connectivity index (χ2v) is 6.88. The number of hydrogen-bond acceptors (Lipinski definition) is 4. The number of carbonyl (C=O) groups is 1. The van der Waals surface area contributed by atoms with Crippen molar-refractivity contribution in [2.75, 3.05) is 11.5 Å². The molecule has 0 radical (unpaired) electrons. The predicted octanol–water partition coefficient (Wildman–Crippen LogP) is 4.82. The number of nitrogen functional groups attached to an aromatic ring is 2. The van der Waals surface area contributed by atoms with E-state index in [4.69, 9.17) is 17.2 Å². The highest BCUT2D eigenvalue weighted by Crippen LogP contribution is 2.18. The van der Waals surface area contributed by atoms with Crippen LogP contribution in [0.2, 0.25) is 0 Å². The Balaban J connectivity index is 0.000000172. The van der Waals surface area contributed by atoms with Crippen LogP contribution in [0.5, 0.6) is 0 Å². The van der Waals surface area contributed by atoms with Crippen molar-refractivity contribution in [1.29, 1.82) is 0 Å². The van der Waals surface area contributed by atoms with Gasteiger partial charge in [-0.05, 0) is 35.4 Å². The van der Waals surface area contributed by atoms with Crippen LogP contribution in [-0.2, 0) is 0 Å². The van der Waals surface area contributed by atoms with E-state index in [0.29, 0.717) is 22.5 Å². The van der Waals surface area contributed by atoms with E-state index in [2.05, 4.69) is 24.3 Å². The maximum absolute atomic E-state index is 12.0. The lowest BCUT2D eigenvalue weighted by Gasteiger charge is -2.11. The summed E-state index contributed by atoms with van der Waals surface area (Å²) < 4.78 is 0. The number of anilines is 2. The van der Waals surface area contributed by atoms with Crippen LogP contribution in [0.3, 0.4) is 0 Å². The van der Waals surface area contributed by atoms with Gasteiger partial charge in [0, 0.05) is 22.5 Å². The molecule has 0 aliphatic carbocycles. The van der Waals surface area contributed by atoms with Gasteiger partial charge in [-0.2, -0.15) is 0 Å². The molecule has 0 amide bonds. The Kier molecular flexibility index (Phi) is 6.98. The first kappa shape index (κ1) is 20.8. The zero-order valence-electron chi connectivity index (χ0n) is 16.6.